The monoisotopic (exact) mass is 461 g/mol. The number of rotatable bonds is 5. The molecular formula is C28H35N3OS. The summed E-state index contributed by atoms with van der Waals surface area (Å²) in [5.41, 5.74) is 4.36. The summed E-state index contributed by atoms with van der Waals surface area (Å²) < 4.78 is 0. The molecule has 1 saturated carbocycles. The molecule has 0 radical (unpaired) electrons. The number of hydrogen-bond donors (Lipinski definition) is 2. The second-order valence-electron chi connectivity index (χ2n) is 8.95. The summed E-state index contributed by atoms with van der Waals surface area (Å²) in [5.74, 6) is 0. The maximum absolute atomic E-state index is 10.3. The fourth-order valence-corrected chi connectivity index (χ4v) is 5.11. The van der Waals surface area contributed by atoms with Crippen LogP contribution >= 0.6 is 11.3 Å². The molecule has 2 aliphatic carbocycles. The van der Waals surface area contributed by atoms with Gasteiger partial charge in [0.15, 0.2) is 0 Å². The number of nitrogens with one attached hydrogen (secondary N) is 1. The van der Waals surface area contributed by atoms with Crippen molar-refractivity contribution in [1.82, 2.24) is 15.3 Å². The third-order valence-corrected chi connectivity index (χ3v) is 7.32. The van der Waals surface area contributed by atoms with Gasteiger partial charge in [0.25, 0.3) is 0 Å². The van der Waals surface area contributed by atoms with Crippen LogP contribution in [0.25, 0.3) is 23.4 Å². The molecule has 33 heavy (non-hydrogen) atoms. The van der Waals surface area contributed by atoms with Gasteiger partial charge < -0.3 is 5.11 Å². The summed E-state index contributed by atoms with van der Waals surface area (Å²) in [6, 6.07) is 13.0. The first kappa shape index (κ1) is 23.8. The van der Waals surface area contributed by atoms with E-state index in [0.29, 0.717) is 6.04 Å². The van der Waals surface area contributed by atoms with Crippen molar-refractivity contribution in [2.75, 3.05) is 0 Å². The van der Waals surface area contributed by atoms with E-state index < -0.39 is 6.23 Å². The topological polar surface area (TPSA) is 58.0 Å². The highest BCUT2D eigenvalue weighted by Gasteiger charge is 2.18. The molecule has 4 nitrogen and oxygen atoms in total. The zero-order valence-corrected chi connectivity index (χ0v) is 20.6. The van der Waals surface area contributed by atoms with Gasteiger partial charge in [0.2, 0.25) is 0 Å². The van der Waals surface area contributed by atoms with Crippen LogP contribution in [0.4, 0.5) is 0 Å². The Morgan fingerprint density at radius 2 is 1.76 bits per heavy atom. The van der Waals surface area contributed by atoms with Gasteiger partial charge in [0.1, 0.15) is 6.23 Å². The van der Waals surface area contributed by atoms with E-state index in [1.54, 1.807) is 11.3 Å². The first-order chi connectivity index (χ1) is 16.1. The molecule has 2 aromatic heterocycles. The molecule has 5 rings (SSSR count). The van der Waals surface area contributed by atoms with Gasteiger partial charge in [-0.2, -0.15) is 0 Å². The van der Waals surface area contributed by atoms with Crippen LogP contribution in [0.15, 0.2) is 41.8 Å². The Morgan fingerprint density at radius 3 is 2.48 bits per heavy atom. The second-order valence-corrected chi connectivity index (χ2v) is 9.89. The molecule has 0 saturated heterocycles. The van der Waals surface area contributed by atoms with Crippen LogP contribution in [-0.2, 0) is 6.42 Å². The summed E-state index contributed by atoms with van der Waals surface area (Å²) in [7, 11) is 0. The molecule has 1 aromatic carbocycles. The van der Waals surface area contributed by atoms with E-state index >= 15 is 0 Å². The molecule has 2 N–H and O–H groups in total. The number of benzene rings is 1. The molecule has 0 bridgehead atoms. The molecule has 1 unspecified atom stereocenters. The largest absolute Gasteiger partial charge is 0.373 e. The maximum Gasteiger partial charge on any atom is 0.148 e. The predicted molar refractivity (Wildman–Crippen MR) is 138 cm³/mol. The van der Waals surface area contributed by atoms with E-state index in [2.05, 4.69) is 77.0 Å². The molecule has 2 heterocycles. The standard InChI is InChI=1S/C16H22N2O.C12H13NS/c19-16(17-13-7-2-1-3-8-13)15-11-10-12-6-4-5-9-14(12)18-15;1-3-12-13-11(8-14-12)10-6-4-9(2)5-7-10/h6,9-11,13,16-17,19H,1-5,7-8H2;4-8H,3H2,1-2H3. The van der Waals surface area contributed by atoms with Gasteiger partial charge >= 0.3 is 0 Å². The van der Waals surface area contributed by atoms with Crippen molar-refractivity contribution in [2.45, 2.75) is 77.5 Å². The minimum Gasteiger partial charge on any atom is -0.373 e. The maximum atomic E-state index is 10.3. The Kier molecular flexibility index (Phi) is 8.43. The number of aromatic nitrogens is 2. The third-order valence-electron chi connectivity index (χ3n) is 6.33. The molecule has 174 valence electrons. The van der Waals surface area contributed by atoms with Crippen molar-refractivity contribution in [1.29, 1.82) is 0 Å². The quantitative estimate of drug-likeness (QED) is 0.523. The van der Waals surface area contributed by atoms with Crippen molar-refractivity contribution in [2.24, 2.45) is 0 Å². The average Bonchev–Trinajstić information content (AvgIpc) is 3.35. The first-order valence-electron chi connectivity index (χ1n) is 12.3. The average molecular weight is 462 g/mol. The fraction of sp³-hybridized carbons (Fsp3) is 0.429. The highest BCUT2D eigenvalue weighted by molar-refractivity contribution is 7.09. The van der Waals surface area contributed by atoms with E-state index in [1.165, 1.54) is 53.5 Å². The minimum absolute atomic E-state index is 0.442. The SMILES string of the molecule is CCc1nc(-c2ccc(C)cc2)cs1.OC(NC1CCCCC1)c1ccc2c(n1)=CCCC=2. The number of aryl methyl sites for hydroxylation is 2. The molecule has 2 aliphatic rings. The predicted octanol–water partition coefficient (Wildman–Crippen LogP) is 5.03. The first-order valence-corrected chi connectivity index (χ1v) is 13.1. The van der Waals surface area contributed by atoms with Gasteiger partial charge in [-0.1, -0.05) is 74.2 Å². The van der Waals surface area contributed by atoms with Crippen LogP contribution in [0.3, 0.4) is 0 Å². The molecular weight excluding hydrogens is 426 g/mol. The Labute approximate surface area is 201 Å². The summed E-state index contributed by atoms with van der Waals surface area (Å²) in [4.78, 5) is 9.13. The lowest BCUT2D eigenvalue weighted by molar-refractivity contribution is 0.110. The Balaban J connectivity index is 0.000000165. The molecule has 3 aromatic rings. The van der Waals surface area contributed by atoms with Crippen LogP contribution in [0, 0.1) is 6.92 Å². The van der Waals surface area contributed by atoms with Gasteiger partial charge in [-0.3, -0.25) is 5.32 Å². The smallest absolute Gasteiger partial charge is 0.148 e. The summed E-state index contributed by atoms with van der Waals surface area (Å²) >= 11 is 1.74. The Hall–Kier alpha value is -2.34. The van der Waals surface area contributed by atoms with Gasteiger partial charge in [-0.25, -0.2) is 9.97 Å². The van der Waals surface area contributed by atoms with E-state index in [4.69, 9.17) is 0 Å². The van der Waals surface area contributed by atoms with Crippen LogP contribution in [-0.4, -0.2) is 21.1 Å². The minimum atomic E-state index is -0.635. The van der Waals surface area contributed by atoms with Crippen molar-refractivity contribution in [3.05, 3.63) is 68.6 Å². The van der Waals surface area contributed by atoms with Crippen LogP contribution in [0.1, 0.15) is 74.4 Å². The zero-order valence-electron chi connectivity index (χ0n) is 19.8. The van der Waals surface area contributed by atoms with Gasteiger partial charge in [-0.05, 0) is 50.3 Å². The van der Waals surface area contributed by atoms with E-state index in [1.807, 2.05) is 6.07 Å². The summed E-state index contributed by atoms with van der Waals surface area (Å²) in [6.07, 6.45) is 13.1. The van der Waals surface area contributed by atoms with Crippen molar-refractivity contribution in [3.8, 4) is 11.3 Å². The fourth-order valence-electron chi connectivity index (χ4n) is 4.36. The third kappa shape index (κ3) is 6.59. The summed E-state index contributed by atoms with van der Waals surface area (Å²) in [5, 5.41) is 19.1. The molecule has 5 heteroatoms. The van der Waals surface area contributed by atoms with Gasteiger partial charge in [0.05, 0.1) is 21.7 Å². The number of hydrogen-bond acceptors (Lipinski definition) is 5. The van der Waals surface area contributed by atoms with Crippen molar-refractivity contribution in [3.63, 3.8) is 0 Å². The van der Waals surface area contributed by atoms with Crippen molar-refractivity contribution < 1.29 is 5.11 Å². The lowest BCUT2D eigenvalue weighted by Gasteiger charge is -2.25. The van der Waals surface area contributed by atoms with E-state index in [0.717, 1.165) is 36.0 Å². The Morgan fingerprint density at radius 1 is 1.00 bits per heavy atom. The number of nitrogens with zero attached hydrogens (tertiary/aromatic N) is 2. The molecule has 1 atom stereocenters. The lowest BCUT2D eigenvalue weighted by Crippen LogP contribution is -2.37. The highest BCUT2D eigenvalue weighted by Crippen LogP contribution is 2.22. The number of pyridine rings is 1. The Bertz CT molecular complexity index is 1150. The van der Waals surface area contributed by atoms with Crippen LogP contribution in [0.5, 0.6) is 0 Å². The number of aliphatic hydroxyl groups excluding tert-OH is 1. The van der Waals surface area contributed by atoms with Crippen LogP contribution < -0.4 is 15.9 Å². The molecule has 0 spiro atoms. The normalized spacial score (nSPS) is 16.6. The highest BCUT2D eigenvalue weighted by atomic mass is 32.1. The molecule has 1 fully saturated rings. The zero-order chi connectivity index (χ0) is 23.0. The number of fused-ring (bicyclic) bond motifs is 1. The van der Waals surface area contributed by atoms with Gasteiger partial charge in [-0.15, -0.1) is 11.3 Å². The van der Waals surface area contributed by atoms with E-state index in [9.17, 15) is 5.11 Å². The molecule has 0 amide bonds. The number of thiazole rings is 1. The lowest BCUT2D eigenvalue weighted by atomic mass is 9.95. The summed E-state index contributed by atoms with van der Waals surface area (Å²) in [6.45, 7) is 4.24. The van der Waals surface area contributed by atoms with Crippen molar-refractivity contribution >= 4 is 23.5 Å². The molecule has 0 aliphatic heterocycles. The van der Waals surface area contributed by atoms with Crippen LogP contribution in [0.2, 0.25) is 0 Å². The van der Waals surface area contributed by atoms with E-state index in [-0.39, 0.29) is 0 Å². The second kappa shape index (κ2) is 11.7. The van der Waals surface area contributed by atoms with Gasteiger partial charge in [0, 0.05) is 17.0 Å². The number of aliphatic hydroxyl groups is 1.